The Morgan fingerprint density at radius 3 is 2.64 bits per heavy atom. The van der Waals surface area contributed by atoms with E-state index in [4.69, 9.17) is 5.73 Å². The molecule has 0 atom stereocenters. The maximum atomic E-state index is 12.7. The average molecular weight is 360 g/mol. The van der Waals surface area contributed by atoms with Gasteiger partial charge in [-0.3, -0.25) is 4.79 Å². The van der Waals surface area contributed by atoms with Crippen molar-refractivity contribution in [1.82, 2.24) is 4.90 Å². The molecule has 0 saturated carbocycles. The Bertz CT molecular complexity index is 696. The van der Waals surface area contributed by atoms with Crippen LogP contribution in [0.5, 0.6) is 0 Å². The third-order valence-corrected chi connectivity index (χ3v) is 4.26. The van der Waals surface area contributed by atoms with Crippen molar-refractivity contribution in [2.45, 2.75) is 12.8 Å². The topological polar surface area (TPSA) is 58.4 Å². The van der Waals surface area contributed by atoms with Crippen LogP contribution in [0.25, 0.3) is 0 Å². The van der Waals surface area contributed by atoms with Crippen LogP contribution in [-0.2, 0) is 0 Å². The van der Waals surface area contributed by atoms with E-state index in [9.17, 15) is 4.79 Å². The first-order valence-electron chi connectivity index (χ1n) is 7.35. The number of nitrogens with two attached hydrogens (primary N) is 1. The number of nitrogen functional groups attached to an aromatic ring is 1. The lowest BCUT2D eigenvalue weighted by molar-refractivity contribution is 0.0794. The van der Waals surface area contributed by atoms with E-state index < -0.39 is 0 Å². The summed E-state index contributed by atoms with van der Waals surface area (Å²) in [5.41, 5.74) is 8.81. The molecule has 3 N–H and O–H groups in total. The fourth-order valence-corrected chi connectivity index (χ4v) is 3.06. The zero-order valence-corrected chi connectivity index (χ0v) is 13.8. The molecule has 0 unspecified atom stereocenters. The van der Waals surface area contributed by atoms with Crippen molar-refractivity contribution in [2.24, 2.45) is 0 Å². The van der Waals surface area contributed by atoms with Crippen LogP contribution in [0.1, 0.15) is 23.2 Å². The molecule has 2 aromatic carbocycles. The fourth-order valence-electron chi connectivity index (χ4n) is 2.66. The minimum atomic E-state index is 0.0438. The molecule has 1 fully saturated rings. The lowest BCUT2D eigenvalue weighted by Crippen LogP contribution is -2.28. The number of hydrogen-bond acceptors (Lipinski definition) is 3. The number of carbonyl (C=O) groups is 1. The number of nitrogens with zero attached hydrogens (tertiary/aromatic N) is 1. The summed E-state index contributed by atoms with van der Waals surface area (Å²) in [7, 11) is 0. The van der Waals surface area contributed by atoms with Crippen molar-refractivity contribution in [3.8, 4) is 0 Å². The molecule has 0 radical (unpaired) electrons. The second-order valence-electron chi connectivity index (χ2n) is 5.44. The number of rotatable bonds is 3. The molecule has 0 bridgehead atoms. The SMILES string of the molecule is Nc1ccc(Nc2cccc(Br)c2)c(C(=O)N2CCCC2)c1. The van der Waals surface area contributed by atoms with Gasteiger partial charge in [-0.05, 0) is 49.2 Å². The predicted octanol–water partition coefficient (Wildman–Crippen LogP) is 4.01. The molecule has 1 heterocycles. The molecule has 0 spiro atoms. The van der Waals surface area contributed by atoms with E-state index >= 15 is 0 Å². The number of amides is 1. The van der Waals surface area contributed by atoms with Gasteiger partial charge < -0.3 is 16.0 Å². The van der Waals surface area contributed by atoms with Gasteiger partial charge in [0.2, 0.25) is 0 Å². The number of benzene rings is 2. The molecule has 1 aliphatic rings. The first-order chi connectivity index (χ1) is 10.6. The van der Waals surface area contributed by atoms with Crippen LogP contribution in [0.15, 0.2) is 46.9 Å². The van der Waals surface area contributed by atoms with Crippen LogP contribution < -0.4 is 11.1 Å². The normalized spacial score (nSPS) is 14.1. The maximum absolute atomic E-state index is 12.7. The largest absolute Gasteiger partial charge is 0.399 e. The summed E-state index contributed by atoms with van der Waals surface area (Å²) < 4.78 is 0.986. The van der Waals surface area contributed by atoms with Crippen molar-refractivity contribution in [3.05, 3.63) is 52.5 Å². The molecule has 114 valence electrons. The van der Waals surface area contributed by atoms with Gasteiger partial charge in [0.05, 0.1) is 11.3 Å². The minimum absolute atomic E-state index is 0.0438. The second kappa shape index (κ2) is 6.40. The van der Waals surface area contributed by atoms with Gasteiger partial charge in [-0.15, -0.1) is 0 Å². The summed E-state index contributed by atoms with van der Waals surface area (Å²) in [6.45, 7) is 1.65. The summed E-state index contributed by atoms with van der Waals surface area (Å²) in [4.78, 5) is 14.6. The van der Waals surface area contributed by atoms with Crippen molar-refractivity contribution in [2.75, 3.05) is 24.1 Å². The van der Waals surface area contributed by atoms with Gasteiger partial charge in [0.1, 0.15) is 0 Å². The summed E-state index contributed by atoms with van der Waals surface area (Å²) in [6, 6.07) is 13.3. The standard InChI is InChI=1S/C17H18BrN3O/c18-12-4-3-5-14(10-12)20-16-7-6-13(19)11-15(16)17(22)21-8-1-2-9-21/h3-7,10-11,20H,1-2,8-9,19H2. The smallest absolute Gasteiger partial charge is 0.256 e. The molecule has 4 nitrogen and oxygen atoms in total. The maximum Gasteiger partial charge on any atom is 0.256 e. The van der Waals surface area contributed by atoms with Crippen molar-refractivity contribution >= 4 is 38.9 Å². The van der Waals surface area contributed by atoms with Gasteiger partial charge in [-0.1, -0.05) is 22.0 Å². The van der Waals surface area contributed by atoms with Gasteiger partial charge in [0, 0.05) is 28.9 Å². The highest BCUT2D eigenvalue weighted by Gasteiger charge is 2.22. The third-order valence-electron chi connectivity index (χ3n) is 3.77. The van der Waals surface area contributed by atoms with Gasteiger partial charge in [-0.25, -0.2) is 0 Å². The third kappa shape index (κ3) is 3.25. The number of hydrogen-bond donors (Lipinski definition) is 2. The van der Waals surface area contributed by atoms with Crippen molar-refractivity contribution < 1.29 is 4.79 Å². The Labute approximate surface area is 138 Å². The van der Waals surface area contributed by atoms with Crippen LogP contribution in [-0.4, -0.2) is 23.9 Å². The average Bonchev–Trinajstić information content (AvgIpc) is 3.03. The fraction of sp³-hybridized carbons (Fsp3) is 0.235. The van der Waals surface area contributed by atoms with Gasteiger partial charge >= 0.3 is 0 Å². The first-order valence-corrected chi connectivity index (χ1v) is 8.14. The molecular weight excluding hydrogens is 342 g/mol. The Morgan fingerprint density at radius 2 is 1.91 bits per heavy atom. The highest BCUT2D eigenvalue weighted by Crippen LogP contribution is 2.27. The highest BCUT2D eigenvalue weighted by molar-refractivity contribution is 9.10. The van der Waals surface area contributed by atoms with E-state index in [1.807, 2.05) is 35.2 Å². The zero-order chi connectivity index (χ0) is 15.5. The van der Waals surface area contributed by atoms with Crippen molar-refractivity contribution in [1.29, 1.82) is 0 Å². The van der Waals surface area contributed by atoms with Crippen LogP contribution in [0.2, 0.25) is 0 Å². The number of anilines is 3. The second-order valence-corrected chi connectivity index (χ2v) is 6.36. The van der Waals surface area contributed by atoms with Crippen LogP contribution in [0.3, 0.4) is 0 Å². The Kier molecular flexibility index (Phi) is 4.34. The van der Waals surface area contributed by atoms with Gasteiger partial charge in [0.25, 0.3) is 5.91 Å². The van der Waals surface area contributed by atoms with Crippen LogP contribution in [0.4, 0.5) is 17.1 Å². The molecule has 1 saturated heterocycles. The molecule has 0 aliphatic carbocycles. The lowest BCUT2D eigenvalue weighted by atomic mass is 10.1. The summed E-state index contributed by atoms with van der Waals surface area (Å²) >= 11 is 3.45. The number of nitrogens with one attached hydrogen (secondary N) is 1. The highest BCUT2D eigenvalue weighted by atomic mass is 79.9. The summed E-state index contributed by atoms with van der Waals surface area (Å²) in [6.07, 6.45) is 2.14. The summed E-state index contributed by atoms with van der Waals surface area (Å²) in [5, 5.41) is 3.31. The number of halogens is 1. The van der Waals surface area contributed by atoms with E-state index in [2.05, 4.69) is 21.2 Å². The van der Waals surface area contributed by atoms with E-state index in [-0.39, 0.29) is 5.91 Å². The Morgan fingerprint density at radius 1 is 1.14 bits per heavy atom. The van der Waals surface area contributed by atoms with Gasteiger partial charge in [-0.2, -0.15) is 0 Å². The van der Waals surface area contributed by atoms with Crippen LogP contribution in [0, 0.1) is 0 Å². The Hall–Kier alpha value is -2.01. The molecule has 0 aromatic heterocycles. The zero-order valence-electron chi connectivity index (χ0n) is 12.2. The van der Waals surface area contributed by atoms with Crippen LogP contribution >= 0.6 is 15.9 Å². The van der Waals surface area contributed by atoms with Gasteiger partial charge in [0.15, 0.2) is 0 Å². The minimum Gasteiger partial charge on any atom is -0.399 e. The number of likely N-dealkylation sites (tertiary alicyclic amines) is 1. The van der Waals surface area contributed by atoms with E-state index in [0.29, 0.717) is 11.3 Å². The summed E-state index contributed by atoms with van der Waals surface area (Å²) in [5.74, 6) is 0.0438. The molecule has 3 rings (SSSR count). The first kappa shape index (κ1) is 14.9. The van der Waals surface area contributed by atoms with E-state index in [0.717, 1.165) is 41.8 Å². The monoisotopic (exact) mass is 359 g/mol. The molecule has 1 aliphatic heterocycles. The molecular formula is C17H18BrN3O. The molecule has 22 heavy (non-hydrogen) atoms. The molecule has 1 amide bonds. The molecule has 2 aromatic rings. The number of carbonyl (C=O) groups excluding carboxylic acids is 1. The molecule has 5 heteroatoms. The van der Waals surface area contributed by atoms with E-state index in [1.54, 1.807) is 12.1 Å². The lowest BCUT2D eigenvalue weighted by Gasteiger charge is -2.19. The Balaban J connectivity index is 1.92. The van der Waals surface area contributed by atoms with E-state index in [1.165, 1.54) is 0 Å². The predicted molar refractivity (Wildman–Crippen MR) is 93.4 cm³/mol. The van der Waals surface area contributed by atoms with Crippen molar-refractivity contribution in [3.63, 3.8) is 0 Å². The quantitative estimate of drug-likeness (QED) is 0.813.